The number of rotatable bonds is 11. The lowest BCUT2D eigenvalue weighted by atomic mass is 10.1. The van der Waals surface area contributed by atoms with Crippen LogP contribution in [0.15, 0.2) is 71.6 Å². The summed E-state index contributed by atoms with van der Waals surface area (Å²) in [5.74, 6) is -0.204. The molecule has 10 heteroatoms. The Kier molecular flexibility index (Phi) is 9.99. The molecule has 0 aliphatic heterocycles. The molecule has 2 amide bonds. The standard InChI is InChI=1S/C29H34ClN3O5S/c1-6-26(29(35)31-4)32(18-22-9-12-24(38-5)13-10-22)28(34)19-33(27-16-11-23(30)17-21(27)3)39(36,37)25-14-7-20(2)8-15-25/h7-17,26H,6,18-19H2,1-5H3,(H,31,35). The van der Waals surface area contributed by atoms with Gasteiger partial charge in [0.2, 0.25) is 11.8 Å². The highest BCUT2D eigenvalue weighted by molar-refractivity contribution is 7.92. The molecule has 8 nitrogen and oxygen atoms in total. The molecule has 1 N–H and O–H groups in total. The molecule has 3 aromatic carbocycles. The van der Waals surface area contributed by atoms with Gasteiger partial charge in [-0.2, -0.15) is 0 Å². The molecule has 0 radical (unpaired) electrons. The van der Waals surface area contributed by atoms with Crippen molar-refractivity contribution in [2.24, 2.45) is 0 Å². The zero-order valence-corrected chi connectivity index (χ0v) is 24.3. The highest BCUT2D eigenvalue weighted by Gasteiger charge is 2.34. The topological polar surface area (TPSA) is 96.0 Å². The fraction of sp³-hybridized carbons (Fsp3) is 0.310. The average molecular weight is 572 g/mol. The Bertz CT molecular complexity index is 1410. The van der Waals surface area contributed by atoms with Gasteiger partial charge in [-0.3, -0.25) is 13.9 Å². The van der Waals surface area contributed by atoms with E-state index in [1.165, 1.54) is 24.1 Å². The van der Waals surface area contributed by atoms with Crippen LogP contribution in [0.3, 0.4) is 0 Å². The van der Waals surface area contributed by atoms with Gasteiger partial charge in [0.1, 0.15) is 18.3 Å². The number of amides is 2. The normalized spacial score (nSPS) is 11.9. The fourth-order valence-electron chi connectivity index (χ4n) is 4.26. The SMILES string of the molecule is CCC(C(=O)NC)N(Cc1ccc(OC)cc1)C(=O)CN(c1ccc(Cl)cc1C)S(=O)(=O)c1ccc(C)cc1. The molecule has 0 bridgehead atoms. The number of anilines is 1. The number of aryl methyl sites for hydroxylation is 2. The molecule has 0 saturated heterocycles. The first-order valence-electron chi connectivity index (χ1n) is 12.5. The number of carbonyl (C=O) groups is 2. The van der Waals surface area contributed by atoms with Crippen LogP contribution in [0.1, 0.15) is 30.0 Å². The van der Waals surface area contributed by atoms with E-state index in [1.54, 1.807) is 75.6 Å². The van der Waals surface area contributed by atoms with Gasteiger partial charge in [-0.1, -0.05) is 48.4 Å². The maximum Gasteiger partial charge on any atom is 0.264 e. The fourth-order valence-corrected chi connectivity index (χ4v) is 5.97. The zero-order chi connectivity index (χ0) is 28.7. The zero-order valence-electron chi connectivity index (χ0n) is 22.8. The van der Waals surface area contributed by atoms with E-state index < -0.39 is 28.5 Å². The Morgan fingerprint density at radius 3 is 2.18 bits per heavy atom. The second kappa shape index (κ2) is 13.0. The van der Waals surface area contributed by atoms with Crippen LogP contribution in [0, 0.1) is 13.8 Å². The van der Waals surface area contributed by atoms with E-state index in [4.69, 9.17) is 16.3 Å². The number of hydrogen-bond donors (Lipinski definition) is 1. The number of ether oxygens (including phenoxy) is 1. The molecule has 0 aromatic heterocycles. The lowest BCUT2D eigenvalue weighted by Crippen LogP contribution is -2.51. The third-order valence-corrected chi connectivity index (χ3v) is 8.47. The van der Waals surface area contributed by atoms with Crippen LogP contribution in [-0.2, 0) is 26.2 Å². The van der Waals surface area contributed by atoms with Crippen molar-refractivity contribution in [3.05, 3.63) is 88.4 Å². The molecule has 0 fully saturated rings. The van der Waals surface area contributed by atoms with E-state index in [-0.39, 0.29) is 17.3 Å². The summed E-state index contributed by atoms with van der Waals surface area (Å²) in [6, 6.07) is 17.6. The van der Waals surface area contributed by atoms with Gasteiger partial charge in [0, 0.05) is 18.6 Å². The largest absolute Gasteiger partial charge is 0.497 e. The Hall–Kier alpha value is -3.56. The van der Waals surface area contributed by atoms with E-state index in [9.17, 15) is 18.0 Å². The molecule has 0 aliphatic rings. The maximum absolute atomic E-state index is 14.0. The van der Waals surface area contributed by atoms with Gasteiger partial charge in [-0.25, -0.2) is 8.42 Å². The van der Waals surface area contributed by atoms with Crippen LogP contribution < -0.4 is 14.4 Å². The van der Waals surface area contributed by atoms with Crippen LogP contribution in [-0.4, -0.2) is 51.9 Å². The van der Waals surface area contributed by atoms with Gasteiger partial charge in [0.15, 0.2) is 0 Å². The summed E-state index contributed by atoms with van der Waals surface area (Å²) >= 11 is 6.15. The molecule has 0 aliphatic carbocycles. The summed E-state index contributed by atoms with van der Waals surface area (Å²) in [7, 11) is -1.08. The Morgan fingerprint density at radius 1 is 1.00 bits per heavy atom. The Labute approximate surface area is 235 Å². The molecule has 0 heterocycles. The summed E-state index contributed by atoms with van der Waals surface area (Å²) in [5.41, 5.74) is 2.58. The molecule has 3 aromatic rings. The summed E-state index contributed by atoms with van der Waals surface area (Å²) in [6.45, 7) is 4.99. The minimum Gasteiger partial charge on any atom is -0.497 e. The van der Waals surface area contributed by atoms with Crippen molar-refractivity contribution in [1.29, 1.82) is 0 Å². The average Bonchev–Trinajstić information content (AvgIpc) is 2.92. The van der Waals surface area contributed by atoms with Crippen LogP contribution in [0.5, 0.6) is 5.75 Å². The Balaban J connectivity index is 2.08. The van der Waals surface area contributed by atoms with E-state index in [2.05, 4.69) is 5.32 Å². The molecule has 39 heavy (non-hydrogen) atoms. The van der Waals surface area contributed by atoms with Gasteiger partial charge in [-0.05, 0) is 73.9 Å². The summed E-state index contributed by atoms with van der Waals surface area (Å²) in [5, 5.41) is 3.06. The summed E-state index contributed by atoms with van der Waals surface area (Å²) in [4.78, 5) is 28.3. The molecule has 0 saturated carbocycles. The minimum atomic E-state index is -4.15. The number of sulfonamides is 1. The first-order valence-corrected chi connectivity index (χ1v) is 14.3. The van der Waals surface area contributed by atoms with Gasteiger partial charge in [-0.15, -0.1) is 0 Å². The highest BCUT2D eigenvalue weighted by atomic mass is 35.5. The van der Waals surface area contributed by atoms with E-state index in [0.717, 1.165) is 15.4 Å². The summed E-state index contributed by atoms with van der Waals surface area (Å²) in [6.07, 6.45) is 0.340. The van der Waals surface area contributed by atoms with Crippen LogP contribution in [0.2, 0.25) is 5.02 Å². The lowest BCUT2D eigenvalue weighted by molar-refractivity contribution is -0.140. The van der Waals surface area contributed by atoms with Crippen molar-refractivity contribution in [1.82, 2.24) is 10.2 Å². The Morgan fingerprint density at radius 2 is 1.64 bits per heavy atom. The molecule has 0 spiro atoms. The minimum absolute atomic E-state index is 0.0512. The first-order chi connectivity index (χ1) is 18.5. The third-order valence-electron chi connectivity index (χ3n) is 6.46. The molecular weight excluding hydrogens is 538 g/mol. The number of hydrogen-bond acceptors (Lipinski definition) is 5. The van der Waals surface area contributed by atoms with Crippen LogP contribution in [0.4, 0.5) is 5.69 Å². The van der Waals surface area contributed by atoms with Crippen LogP contribution in [0.25, 0.3) is 0 Å². The van der Waals surface area contributed by atoms with Crippen molar-refractivity contribution in [2.75, 3.05) is 25.0 Å². The number of halogens is 1. The number of likely N-dealkylation sites (N-methyl/N-ethyl adjacent to an activating group) is 1. The van der Waals surface area contributed by atoms with Crippen molar-refractivity contribution in [2.45, 2.75) is 44.7 Å². The third kappa shape index (κ3) is 7.10. The number of benzene rings is 3. The second-order valence-electron chi connectivity index (χ2n) is 9.16. The number of nitrogens with zero attached hydrogens (tertiary/aromatic N) is 2. The molecule has 1 atom stereocenters. The predicted octanol–water partition coefficient (Wildman–Crippen LogP) is 4.71. The van der Waals surface area contributed by atoms with Gasteiger partial charge >= 0.3 is 0 Å². The van der Waals surface area contributed by atoms with Gasteiger partial charge < -0.3 is 15.0 Å². The van der Waals surface area contributed by atoms with E-state index in [1.807, 2.05) is 6.92 Å². The van der Waals surface area contributed by atoms with Crippen molar-refractivity contribution >= 4 is 39.1 Å². The molecular formula is C29H34ClN3O5S. The first kappa shape index (κ1) is 30.0. The molecule has 208 valence electrons. The second-order valence-corrected chi connectivity index (χ2v) is 11.5. The number of carbonyl (C=O) groups excluding carboxylic acids is 2. The maximum atomic E-state index is 14.0. The number of methoxy groups -OCH3 is 1. The predicted molar refractivity (Wildman–Crippen MR) is 154 cm³/mol. The van der Waals surface area contributed by atoms with Crippen molar-refractivity contribution < 1.29 is 22.7 Å². The van der Waals surface area contributed by atoms with Gasteiger partial charge in [0.05, 0.1) is 17.7 Å². The lowest BCUT2D eigenvalue weighted by Gasteiger charge is -2.33. The van der Waals surface area contributed by atoms with E-state index >= 15 is 0 Å². The van der Waals surface area contributed by atoms with Crippen molar-refractivity contribution in [3.63, 3.8) is 0 Å². The highest BCUT2D eigenvalue weighted by Crippen LogP contribution is 2.30. The number of nitrogens with one attached hydrogen (secondary N) is 1. The molecule has 1 unspecified atom stereocenters. The smallest absolute Gasteiger partial charge is 0.264 e. The van der Waals surface area contributed by atoms with Crippen LogP contribution >= 0.6 is 11.6 Å². The van der Waals surface area contributed by atoms with Gasteiger partial charge in [0.25, 0.3) is 10.0 Å². The molecule has 3 rings (SSSR count). The van der Waals surface area contributed by atoms with E-state index in [0.29, 0.717) is 28.4 Å². The monoisotopic (exact) mass is 571 g/mol. The summed E-state index contributed by atoms with van der Waals surface area (Å²) < 4.78 is 34.2. The quantitative estimate of drug-likeness (QED) is 0.359. The van der Waals surface area contributed by atoms with Crippen molar-refractivity contribution in [3.8, 4) is 5.75 Å².